The molecule has 33 heavy (non-hydrogen) atoms. The van der Waals surface area contributed by atoms with Crippen molar-refractivity contribution in [1.29, 1.82) is 0 Å². The summed E-state index contributed by atoms with van der Waals surface area (Å²) in [7, 11) is 0. The van der Waals surface area contributed by atoms with Crippen molar-refractivity contribution in [3.8, 4) is 11.4 Å². The van der Waals surface area contributed by atoms with Crippen LogP contribution in [-0.4, -0.2) is 41.2 Å². The van der Waals surface area contributed by atoms with Gasteiger partial charge in [-0.3, -0.25) is 4.79 Å². The fraction of sp³-hybridized carbons (Fsp3) is 0.318. The molecule has 0 spiro atoms. The van der Waals surface area contributed by atoms with Crippen molar-refractivity contribution in [2.75, 3.05) is 18.5 Å². The van der Waals surface area contributed by atoms with Crippen molar-refractivity contribution >= 4 is 45.8 Å². The summed E-state index contributed by atoms with van der Waals surface area (Å²) in [5.41, 5.74) is 1.27. The molecule has 0 saturated heterocycles. The predicted molar refractivity (Wildman–Crippen MR) is 123 cm³/mol. The average molecular weight is 492 g/mol. The Morgan fingerprint density at radius 2 is 1.76 bits per heavy atom. The third-order valence-electron chi connectivity index (χ3n) is 4.48. The van der Waals surface area contributed by atoms with Gasteiger partial charge < -0.3 is 19.3 Å². The first-order valence-corrected chi connectivity index (χ1v) is 11.4. The molecule has 0 unspecified atom stereocenters. The number of rotatable bonds is 9. The van der Waals surface area contributed by atoms with E-state index in [9.17, 15) is 14.4 Å². The second kappa shape index (κ2) is 11.1. The van der Waals surface area contributed by atoms with Crippen LogP contribution in [0.2, 0.25) is 5.02 Å². The molecule has 0 aliphatic heterocycles. The maximum Gasteiger partial charge on any atom is 0.348 e. The van der Waals surface area contributed by atoms with Crippen molar-refractivity contribution in [3.63, 3.8) is 0 Å². The zero-order chi connectivity index (χ0) is 24.0. The minimum atomic E-state index is -0.624. The highest BCUT2D eigenvalue weighted by atomic mass is 35.5. The van der Waals surface area contributed by atoms with Crippen LogP contribution >= 0.6 is 22.9 Å². The van der Waals surface area contributed by atoms with Crippen LogP contribution in [0.4, 0.5) is 5.00 Å². The van der Waals surface area contributed by atoms with Crippen LogP contribution in [0.3, 0.4) is 0 Å². The molecule has 0 atom stereocenters. The molecule has 2 aromatic heterocycles. The Balaban J connectivity index is 1.70. The number of esters is 2. The Labute approximate surface area is 199 Å². The number of nitrogens with zero attached hydrogens (tertiary/aromatic N) is 2. The van der Waals surface area contributed by atoms with Crippen LogP contribution in [0.15, 0.2) is 28.8 Å². The zero-order valence-electron chi connectivity index (χ0n) is 18.3. The number of thiophene rings is 1. The molecule has 1 amide bonds. The molecule has 9 nitrogen and oxygen atoms in total. The van der Waals surface area contributed by atoms with E-state index in [2.05, 4.69) is 15.5 Å². The Kier molecular flexibility index (Phi) is 8.18. The molecule has 3 rings (SSSR count). The van der Waals surface area contributed by atoms with Crippen LogP contribution < -0.4 is 5.32 Å². The van der Waals surface area contributed by atoms with E-state index in [0.29, 0.717) is 16.4 Å². The fourth-order valence-corrected chi connectivity index (χ4v) is 4.16. The molecule has 3 aromatic rings. The highest BCUT2D eigenvalue weighted by Crippen LogP contribution is 2.34. The number of amides is 1. The molecule has 2 heterocycles. The van der Waals surface area contributed by atoms with Gasteiger partial charge in [-0.2, -0.15) is 4.98 Å². The van der Waals surface area contributed by atoms with Gasteiger partial charge in [0.1, 0.15) is 9.88 Å². The number of ether oxygens (including phenoxy) is 2. The van der Waals surface area contributed by atoms with Gasteiger partial charge in [-0.15, -0.1) is 11.3 Å². The smallest absolute Gasteiger partial charge is 0.348 e. The molecule has 0 fully saturated rings. The summed E-state index contributed by atoms with van der Waals surface area (Å²) in [6, 6.07) is 6.96. The third kappa shape index (κ3) is 5.96. The zero-order valence-corrected chi connectivity index (χ0v) is 19.8. The molecular formula is C22H22ClN3O6S. The summed E-state index contributed by atoms with van der Waals surface area (Å²) >= 11 is 6.86. The lowest BCUT2D eigenvalue weighted by atomic mass is 10.1. The number of halogens is 1. The van der Waals surface area contributed by atoms with Gasteiger partial charge in [-0.25, -0.2) is 9.59 Å². The summed E-state index contributed by atoms with van der Waals surface area (Å²) in [6.45, 7) is 5.32. The molecule has 0 radical (unpaired) electrons. The van der Waals surface area contributed by atoms with Gasteiger partial charge in [0, 0.05) is 23.4 Å². The number of carbonyl (C=O) groups is 3. The van der Waals surface area contributed by atoms with Crippen LogP contribution in [0.25, 0.3) is 11.4 Å². The molecule has 11 heteroatoms. The summed E-state index contributed by atoms with van der Waals surface area (Å²) in [6.07, 6.45) is 0.215. The lowest BCUT2D eigenvalue weighted by Gasteiger charge is -2.06. The standard InChI is InChI=1S/C22H22ClN3O6S/c1-4-30-21(28)17-12(3)18(22(29)31-5-2)33-20(17)24-15(27)10-11-16-25-19(26-32-16)13-6-8-14(23)9-7-13/h6-9H,4-5,10-11H2,1-3H3,(H,24,27). The first-order chi connectivity index (χ1) is 15.8. The van der Waals surface area contributed by atoms with E-state index >= 15 is 0 Å². The largest absolute Gasteiger partial charge is 0.462 e. The first kappa shape index (κ1) is 24.4. The molecule has 0 saturated carbocycles. The van der Waals surface area contributed by atoms with E-state index in [1.807, 2.05) is 0 Å². The minimum absolute atomic E-state index is 0.0240. The Morgan fingerprint density at radius 3 is 2.42 bits per heavy atom. The number of nitrogens with one attached hydrogen (secondary N) is 1. The second-order valence-electron chi connectivity index (χ2n) is 6.77. The fourth-order valence-electron chi connectivity index (χ4n) is 2.92. The second-order valence-corrected chi connectivity index (χ2v) is 8.23. The summed E-state index contributed by atoms with van der Waals surface area (Å²) < 4.78 is 15.4. The van der Waals surface area contributed by atoms with E-state index in [1.54, 1.807) is 45.0 Å². The van der Waals surface area contributed by atoms with E-state index in [-0.39, 0.29) is 53.3 Å². The predicted octanol–water partition coefficient (Wildman–Crippen LogP) is 4.68. The number of hydrogen-bond donors (Lipinski definition) is 1. The van der Waals surface area contributed by atoms with Crippen molar-refractivity contribution in [2.24, 2.45) is 0 Å². The number of benzene rings is 1. The van der Waals surface area contributed by atoms with Crippen LogP contribution in [-0.2, 0) is 20.7 Å². The minimum Gasteiger partial charge on any atom is -0.462 e. The van der Waals surface area contributed by atoms with Crippen molar-refractivity contribution in [2.45, 2.75) is 33.6 Å². The van der Waals surface area contributed by atoms with Gasteiger partial charge in [-0.1, -0.05) is 16.8 Å². The molecule has 0 aliphatic carbocycles. The van der Waals surface area contributed by atoms with E-state index in [0.717, 1.165) is 16.9 Å². The first-order valence-electron chi connectivity index (χ1n) is 10.2. The van der Waals surface area contributed by atoms with Crippen molar-refractivity contribution in [3.05, 3.63) is 51.2 Å². The van der Waals surface area contributed by atoms with Gasteiger partial charge in [0.25, 0.3) is 0 Å². The highest BCUT2D eigenvalue weighted by molar-refractivity contribution is 7.18. The van der Waals surface area contributed by atoms with Crippen molar-refractivity contribution < 1.29 is 28.4 Å². The maximum absolute atomic E-state index is 12.6. The van der Waals surface area contributed by atoms with Crippen LogP contribution in [0, 0.1) is 6.92 Å². The third-order valence-corrected chi connectivity index (χ3v) is 5.92. The summed E-state index contributed by atoms with van der Waals surface area (Å²) in [5, 5.41) is 7.43. The maximum atomic E-state index is 12.6. The Bertz CT molecular complexity index is 1160. The van der Waals surface area contributed by atoms with Gasteiger partial charge >= 0.3 is 11.9 Å². The van der Waals surface area contributed by atoms with Gasteiger partial charge in [0.05, 0.1) is 18.8 Å². The van der Waals surface area contributed by atoms with E-state index in [4.69, 9.17) is 25.6 Å². The summed E-state index contributed by atoms with van der Waals surface area (Å²) in [5.74, 6) is -0.897. The number of aryl methyl sites for hydroxylation is 1. The van der Waals surface area contributed by atoms with Crippen LogP contribution in [0.5, 0.6) is 0 Å². The molecule has 1 N–H and O–H groups in total. The summed E-state index contributed by atoms with van der Waals surface area (Å²) in [4.78, 5) is 41.8. The molecular weight excluding hydrogens is 470 g/mol. The number of carbonyl (C=O) groups excluding carboxylic acids is 3. The van der Waals surface area contributed by atoms with E-state index in [1.165, 1.54) is 0 Å². The quantitative estimate of drug-likeness (QED) is 0.428. The lowest BCUT2D eigenvalue weighted by Crippen LogP contribution is -2.15. The molecule has 0 aliphatic rings. The average Bonchev–Trinajstić information content (AvgIpc) is 3.38. The number of aromatic nitrogens is 2. The Hall–Kier alpha value is -3.24. The normalized spacial score (nSPS) is 10.7. The topological polar surface area (TPSA) is 121 Å². The van der Waals surface area contributed by atoms with Gasteiger partial charge in [0.15, 0.2) is 0 Å². The van der Waals surface area contributed by atoms with Gasteiger partial charge in [-0.05, 0) is 50.6 Å². The van der Waals surface area contributed by atoms with Gasteiger partial charge in [0.2, 0.25) is 17.6 Å². The molecule has 174 valence electrons. The van der Waals surface area contributed by atoms with Crippen LogP contribution in [0.1, 0.15) is 51.8 Å². The highest BCUT2D eigenvalue weighted by Gasteiger charge is 2.27. The Morgan fingerprint density at radius 1 is 1.09 bits per heavy atom. The van der Waals surface area contributed by atoms with Crippen molar-refractivity contribution in [1.82, 2.24) is 10.1 Å². The van der Waals surface area contributed by atoms with E-state index < -0.39 is 11.9 Å². The molecule has 1 aromatic carbocycles. The lowest BCUT2D eigenvalue weighted by molar-refractivity contribution is -0.116. The number of hydrogen-bond acceptors (Lipinski definition) is 9. The molecule has 0 bridgehead atoms. The SMILES string of the molecule is CCOC(=O)c1sc(NC(=O)CCc2nc(-c3ccc(Cl)cc3)no2)c(C(=O)OCC)c1C. The number of anilines is 1. The monoisotopic (exact) mass is 491 g/mol.